The predicted octanol–water partition coefficient (Wildman–Crippen LogP) is 5.79. The SMILES string of the molecule is COc1ccccc1C(=O)N1CCC(CNc2cc(-c3ccccc3Cl)nc3c(Br)cnn23)CC1. The number of hydrogen-bond donors (Lipinski definition) is 1. The van der Waals surface area contributed by atoms with E-state index in [0.29, 0.717) is 35.3 Å². The Balaban J connectivity index is 1.28. The van der Waals surface area contributed by atoms with Crippen molar-refractivity contribution in [3.8, 4) is 17.0 Å². The molecule has 180 valence electrons. The molecule has 1 aliphatic heterocycles. The standard InChI is InChI=1S/C26H25BrClN5O2/c1-35-23-9-5-3-7-19(23)26(34)32-12-10-17(11-13-32)15-29-24-14-22(18-6-2-4-8-21(18)28)31-25-20(27)16-30-33(24)25/h2-9,14,16-17,29H,10-13,15H2,1H3. The average Bonchev–Trinajstić information content (AvgIpc) is 3.28. The number of nitrogens with one attached hydrogen (secondary N) is 1. The molecule has 1 fully saturated rings. The maximum Gasteiger partial charge on any atom is 0.257 e. The third kappa shape index (κ3) is 4.86. The molecule has 1 N–H and O–H groups in total. The molecule has 4 aromatic rings. The lowest BCUT2D eigenvalue weighted by atomic mass is 9.96. The maximum atomic E-state index is 13.0. The third-order valence-corrected chi connectivity index (χ3v) is 7.28. The zero-order valence-electron chi connectivity index (χ0n) is 19.2. The van der Waals surface area contributed by atoms with Gasteiger partial charge in [0.25, 0.3) is 5.91 Å². The van der Waals surface area contributed by atoms with Crippen molar-refractivity contribution < 1.29 is 9.53 Å². The van der Waals surface area contributed by atoms with Crippen LogP contribution in [0.5, 0.6) is 5.75 Å². The molecule has 1 saturated heterocycles. The molecule has 1 aliphatic rings. The topological polar surface area (TPSA) is 71.8 Å². The first-order valence-corrected chi connectivity index (χ1v) is 12.7. The monoisotopic (exact) mass is 553 g/mol. The van der Waals surface area contributed by atoms with Crippen LogP contribution in [0.2, 0.25) is 5.02 Å². The Kier molecular flexibility index (Phi) is 6.92. The normalized spacial score (nSPS) is 14.3. The summed E-state index contributed by atoms with van der Waals surface area (Å²) in [5, 5.41) is 8.69. The third-order valence-electron chi connectivity index (χ3n) is 6.39. The number of benzene rings is 2. The van der Waals surface area contributed by atoms with Crippen molar-refractivity contribution in [2.75, 3.05) is 32.1 Å². The van der Waals surface area contributed by atoms with Crippen LogP contribution in [0.1, 0.15) is 23.2 Å². The Bertz CT molecular complexity index is 1370. The van der Waals surface area contributed by atoms with Gasteiger partial charge in [-0.1, -0.05) is 41.9 Å². The number of likely N-dealkylation sites (tertiary alicyclic amines) is 1. The molecule has 0 bridgehead atoms. The number of piperidine rings is 1. The smallest absolute Gasteiger partial charge is 0.257 e. The molecule has 2 aromatic heterocycles. The van der Waals surface area contributed by atoms with Crippen molar-refractivity contribution in [3.63, 3.8) is 0 Å². The quantitative estimate of drug-likeness (QED) is 0.327. The van der Waals surface area contributed by atoms with Gasteiger partial charge in [0.05, 0.1) is 29.0 Å². The Morgan fingerprint density at radius 3 is 2.69 bits per heavy atom. The van der Waals surface area contributed by atoms with Gasteiger partial charge in [-0.25, -0.2) is 4.98 Å². The van der Waals surface area contributed by atoms with Gasteiger partial charge in [-0.3, -0.25) is 4.79 Å². The lowest BCUT2D eigenvalue weighted by Crippen LogP contribution is -2.40. The van der Waals surface area contributed by atoms with Gasteiger partial charge in [-0.2, -0.15) is 9.61 Å². The highest BCUT2D eigenvalue weighted by atomic mass is 79.9. The average molecular weight is 555 g/mol. The molecule has 2 aromatic carbocycles. The van der Waals surface area contributed by atoms with Crippen LogP contribution in [0, 0.1) is 5.92 Å². The van der Waals surface area contributed by atoms with Crippen molar-refractivity contribution >= 4 is 44.9 Å². The summed E-state index contributed by atoms with van der Waals surface area (Å²) in [5.74, 6) is 1.92. The molecule has 0 unspecified atom stereocenters. The van der Waals surface area contributed by atoms with Crippen LogP contribution in [-0.4, -0.2) is 52.1 Å². The fourth-order valence-electron chi connectivity index (χ4n) is 4.45. The van der Waals surface area contributed by atoms with Crippen LogP contribution >= 0.6 is 27.5 Å². The molecule has 35 heavy (non-hydrogen) atoms. The summed E-state index contributed by atoms with van der Waals surface area (Å²) in [4.78, 5) is 19.7. The Hall–Kier alpha value is -3.10. The molecular formula is C26H25BrClN5O2. The summed E-state index contributed by atoms with van der Waals surface area (Å²) in [6, 6.07) is 17.0. The van der Waals surface area contributed by atoms with Crippen LogP contribution in [0.4, 0.5) is 5.82 Å². The lowest BCUT2D eigenvalue weighted by molar-refractivity contribution is 0.0691. The number of rotatable bonds is 6. The summed E-state index contributed by atoms with van der Waals surface area (Å²) in [7, 11) is 1.59. The van der Waals surface area contributed by atoms with Gasteiger partial charge in [0.2, 0.25) is 0 Å². The highest BCUT2D eigenvalue weighted by Crippen LogP contribution is 2.31. The minimum absolute atomic E-state index is 0.0236. The van der Waals surface area contributed by atoms with E-state index in [4.69, 9.17) is 21.3 Å². The van der Waals surface area contributed by atoms with Gasteiger partial charge >= 0.3 is 0 Å². The molecule has 0 atom stereocenters. The lowest BCUT2D eigenvalue weighted by Gasteiger charge is -2.32. The number of aromatic nitrogens is 3. The molecule has 0 radical (unpaired) electrons. The molecule has 9 heteroatoms. The van der Waals surface area contributed by atoms with Crippen LogP contribution in [0.15, 0.2) is 65.3 Å². The van der Waals surface area contributed by atoms with E-state index in [2.05, 4.69) is 26.3 Å². The number of methoxy groups -OCH3 is 1. The minimum Gasteiger partial charge on any atom is -0.496 e. The minimum atomic E-state index is 0.0236. The Labute approximate surface area is 217 Å². The number of nitrogens with zero attached hydrogens (tertiary/aromatic N) is 4. The van der Waals surface area contributed by atoms with E-state index in [0.717, 1.165) is 46.6 Å². The first kappa shape index (κ1) is 23.6. The summed E-state index contributed by atoms with van der Waals surface area (Å²) in [6.07, 6.45) is 3.58. The second-order valence-corrected chi connectivity index (χ2v) is 9.81. The van der Waals surface area contributed by atoms with E-state index in [9.17, 15) is 4.79 Å². The van der Waals surface area contributed by atoms with Gasteiger partial charge < -0.3 is 15.0 Å². The van der Waals surface area contributed by atoms with E-state index in [1.54, 1.807) is 17.8 Å². The largest absolute Gasteiger partial charge is 0.496 e. The van der Waals surface area contributed by atoms with Crippen molar-refractivity contribution in [1.29, 1.82) is 0 Å². The summed E-state index contributed by atoms with van der Waals surface area (Å²) >= 11 is 9.99. The Morgan fingerprint density at radius 2 is 1.91 bits per heavy atom. The number of hydrogen-bond acceptors (Lipinski definition) is 5. The van der Waals surface area contributed by atoms with E-state index in [-0.39, 0.29) is 5.91 Å². The van der Waals surface area contributed by atoms with Gasteiger partial charge in [0, 0.05) is 36.3 Å². The number of amides is 1. The molecule has 5 rings (SSSR count). The van der Waals surface area contributed by atoms with Crippen LogP contribution in [0.3, 0.4) is 0 Å². The molecular weight excluding hydrogens is 530 g/mol. The second-order valence-electron chi connectivity index (χ2n) is 8.55. The predicted molar refractivity (Wildman–Crippen MR) is 141 cm³/mol. The summed E-state index contributed by atoms with van der Waals surface area (Å²) < 4.78 is 7.98. The Morgan fingerprint density at radius 1 is 1.17 bits per heavy atom. The zero-order valence-corrected chi connectivity index (χ0v) is 21.6. The van der Waals surface area contributed by atoms with E-state index < -0.39 is 0 Å². The molecule has 3 heterocycles. The fourth-order valence-corrected chi connectivity index (χ4v) is 5.03. The number of halogens is 2. The number of carbonyl (C=O) groups is 1. The first-order chi connectivity index (χ1) is 17.0. The highest BCUT2D eigenvalue weighted by molar-refractivity contribution is 9.10. The van der Waals surface area contributed by atoms with E-state index in [1.165, 1.54) is 0 Å². The number of carbonyl (C=O) groups excluding carboxylic acids is 1. The second kappa shape index (κ2) is 10.3. The highest BCUT2D eigenvalue weighted by Gasteiger charge is 2.25. The number of ether oxygens (including phenoxy) is 1. The molecule has 0 saturated carbocycles. The summed E-state index contributed by atoms with van der Waals surface area (Å²) in [6.45, 7) is 2.20. The van der Waals surface area contributed by atoms with Crippen LogP contribution in [0.25, 0.3) is 16.9 Å². The molecule has 1 amide bonds. The van der Waals surface area contributed by atoms with Crippen molar-refractivity contribution in [2.24, 2.45) is 5.92 Å². The van der Waals surface area contributed by atoms with E-state index in [1.807, 2.05) is 59.5 Å². The number of fused-ring (bicyclic) bond motifs is 1. The van der Waals surface area contributed by atoms with Gasteiger partial charge in [-0.05, 0) is 52.9 Å². The number of anilines is 1. The van der Waals surface area contributed by atoms with Crippen molar-refractivity contribution in [1.82, 2.24) is 19.5 Å². The fraction of sp³-hybridized carbons (Fsp3) is 0.269. The van der Waals surface area contributed by atoms with Crippen molar-refractivity contribution in [3.05, 3.63) is 75.9 Å². The van der Waals surface area contributed by atoms with Gasteiger partial charge in [0.15, 0.2) is 5.65 Å². The van der Waals surface area contributed by atoms with Crippen LogP contribution in [-0.2, 0) is 0 Å². The van der Waals surface area contributed by atoms with Gasteiger partial charge in [0.1, 0.15) is 11.6 Å². The van der Waals surface area contributed by atoms with Gasteiger partial charge in [-0.15, -0.1) is 0 Å². The number of para-hydroxylation sites is 1. The maximum absolute atomic E-state index is 13.0. The first-order valence-electron chi connectivity index (χ1n) is 11.5. The molecule has 7 nitrogen and oxygen atoms in total. The van der Waals surface area contributed by atoms with Crippen LogP contribution < -0.4 is 10.1 Å². The van der Waals surface area contributed by atoms with E-state index >= 15 is 0 Å². The summed E-state index contributed by atoms with van der Waals surface area (Å²) in [5.41, 5.74) is 2.99. The molecule has 0 spiro atoms. The molecule has 0 aliphatic carbocycles. The van der Waals surface area contributed by atoms with Crippen molar-refractivity contribution in [2.45, 2.75) is 12.8 Å². The zero-order chi connectivity index (χ0) is 24.4.